The molecule has 1 atom stereocenters. The average molecular weight is 363 g/mol. The maximum Gasteiger partial charge on any atom is 0.357 e. The Morgan fingerprint density at radius 3 is 2.28 bits per heavy atom. The van der Waals surface area contributed by atoms with Crippen molar-refractivity contribution in [2.45, 2.75) is 19.6 Å². The van der Waals surface area contributed by atoms with E-state index in [0.29, 0.717) is 5.69 Å². The minimum Gasteiger partial charge on any atom is -0.478 e. The van der Waals surface area contributed by atoms with Gasteiger partial charge in [0, 0.05) is 5.69 Å². The zero-order valence-corrected chi connectivity index (χ0v) is 15.1. The highest BCUT2D eigenvalue weighted by atomic mass is 31.2. The molecule has 25 heavy (non-hydrogen) atoms. The van der Waals surface area contributed by atoms with Gasteiger partial charge in [-0.3, -0.25) is 4.57 Å². The molecule has 2 N–H and O–H groups in total. The third kappa shape index (κ3) is 4.92. The fourth-order valence-electron chi connectivity index (χ4n) is 2.43. The molecule has 0 aliphatic heterocycles. The van der Waals surface area contributed by atoms with E-state index in [9.17, 15) is 9.36 Å². The van der Waals surface area contributed by atoms with Gasteiger partial charge in [-0.25, -0.2) is 4.79 Å². The predicted molar refractivity (Wildman–Crippen MR) is 97.1 cm³/mol. The quantitative estimate of drug-likeness (QED) is 0.625. The summed E-state index contributed by atoms with van der Waals surface area (Å²) in [5, 5.41) is 12.3. The molecule has 0 saturated carbocycles. The molecule has 2 aromatic carbocycles. The van der Waals surface area contributed by atoms with Gasteiger partial charge in [0.2, 0.25) is 0 Å². The van der Waals surface area contributed by atoms with E-state index in [0.717, 1.165) is 5.56 Å². The standard InChI is InChI=1S/C18H22NO5P/c1-3-23-25(22,24-4-2)17(14-9-6-5-7-10-14)19-16-12-8-11-15(13-16)18(20)21/h5-13,17,19H,3-4H2,1-2H3,(H,20,21)/t17-/m1/s1. The van der Waals surface area contributed by atoms with Crippen molar-refractivity contribution >= 4 is 19.3 Å². The Kier molecular flexibility index (Phi) is 6.76. The van der Waals surface area contributed by atoms with E-state index in [1.54, 1.807) is 26.0 Å². The molecule has 0 aliphatic carbocycles. The first-order chi connectivity index (χ1) is 12.0. The van der Waals surface area contributed by atoms with Crippen molar-refractivity contribution in [3.63, 3.8) is 0 Å². The maximum absolute atomic E-state index is 13.3. The summed E-state index contributed by atoms with van der Waals surface area (Å²) in [6, 6.07) is 15.5. The second-order valence-electron chi connectivity index (χ2n) is 5.22. The van der Waals surface area contributed by atoms with Gasteiger partial charge in [-0.05, 0) is 37.6 Å². The van der Waals surface area contributed by atoms with E-state index in [2.05, 4.69) is 5.32 Å². The Bertz CT molecular complexity index is 740. The number of aromatic carboxylic acids is 1. The van der Waals surface area contributed by atoms with Crippen LogP contribution in [-0.4, -0.2) is 24.3 Å². The number of hydrogen-bond donors (Lipinski definition) is 2. The van der Waals surface area contributed by atoms with Crippen LogP contribution >= 0.6 is 7.60 Å². The molecule has 0 radical (unpaired) electrons. The summed E-state index contributed by atoms with van der Waals surface area (Å²) in [6.07, 6.45) is 0. The molecule has 134 valence electrons. The van der Waals surface area contributed by atoms with Gasteiger partial charge in [0.25, 0.3) is 0 Å². The third-order valence-electron chi connectivity index (χ3n) is 3.46. The minimum atomic E-state index is -3.51. The zero-order chi connectivity index (χ0) is 18.3. The summed E-state index contributed by atoms with van der Waals surface area (Å²) in [5.41, 5.74) is 1.39. The summed E-state index contributed by atoms with van der Waals surface area (Å²) < 4.78 is 24.3. The van der Waals surface area contributed by atoms with Crippen LogP contribution in [0.15, 0.2) is 54.6 Å². The summed E-state index contributed by atoms with van der Waals surface area (Å²) in [7, 11) is -3.51. The maximum atomic E-state index is 13.3. The molecule has 0 saturated heterocycles. The Morgan fingerprint density at radius 1 is 1.08 bits per heavy atom. The van der Waals surface area contributed by atoms with Gasteiger partial charge in [-0.2, -0.15) is 0 Å². The number of rotatable bonds is 9. The van der Waals surface area contributed by atoms with Gasteiger partial charge in [0.05, 0.1) is 18.8 Å². The smallest absolute Gasteiger partial charge is 0.357 e. The molecule has 2 aromatic rings. The van der Waals surface area contributed by atoms with Crippen molar-refractivity contribution in [2.75, 3.05) is 18.5 Å². The Balaban J connectivity index is 2.43. The van der Waals surface area contributed by atoms with E-state index in [1.165, 1.54) is 12.1 Å². The zero-order valence-electron chi connectivity index (χ0n) is 14.2. The molecule has 0 heterocycles. The van der Waals surface area contributed by atoms with E-state index >= 15 is 0 Å². The van der Waals surface area contributed by atoms with Gasteiger partial charge in [-0.15, -0.1) is 0 Å². The number of anilines is 1. The van der Waals surface area contributed by atoms with Gasteiger partial charge in [0.1, 0.15) is 0 Å². The SMILES string of the molecule is CCOP(=O)(OCC)[C@@H](Nc1cccc(C(=O)O)c1)c1ccccc1. The highest BCUT2D eigenvalue weighted by molar-refractivity contribution is 7.54. The van der Waals surface area contributed by atoms with Gasteiger partial charge < -0.3 is 19.5 Å². The molecule has 0 amide bonds. The fourth-order valence-corrected chi connectivity index (χ4v) is 4.36. The molecule has 0 unspecified atom stereocenters. The van der Waals surface area contributed by atoms with Crippen LogP contribution in [0.2, 0.25) is 0 Å². The van der Waals surface area contributed by atoms with Crippen LogP contribution in [0.1, 0.15) is 35.6 Å². The lowest BCUT2D eigenvalue weighted by atomic mass is 10.2. The van der Waals surface area contributed by atoms with Crippen molar-refractivity contribution in [2.24, 2.45) is 0 Å². The number of hydrogen-bond acceptors (Lipinski definition) is 5. The summed E-state index contributed by atoms with van der Waals surface area (Å²) in [6.45, 7) is 3.96. The van der Waals surface area contributed by atoms with Gasteiger partial charge in [0.15, 0.2) is 5.78 Å². The molecule has 6 nitrogen and oxygen atoms in total. The van der Waals surface area contributed by atoms with Crippen LogP contribution in [0.25, 0.3) is 0 Å². The molecule has 7 heteroatoms. The van der Waals surface area contributed by atoms with Crippen molar-refractivity contribution in [3.8, 4) is 0 Å². The summed E-state index contributed by atoms with van der Waals surface area (Å²) in [4.78, 5) is 11.2. The summed E-state index contributed by atoms with van der Waals surface area (Å²) in [5.74, 6) is -1.78. The van der Waals surface area contributed by atoms with E-state index in [-0.39, 0.29) is 18.8 Å². The lowest BCUT2D eigenvalue weighted by Gasteiger charge is -2.28. The summed E-state index contributed by atoms with van der Waals surface area (Å²) >= 11 is 0. The second kappa shape index (κ2) is 8.81. The lowest BCUT2D eigenvalue weighted by molar-refractivity contribution is 0.0697. The Labute approximate surface area is 147 Å². The van der Waals surface area contributed by atoms with Gasteiger partial charge in [-0.1, -0.05) is 36.4 Å². The van der Waals surface area contributed by atoms with Crippen LogP contribution in [0.5, 0.6) is 0 Å². The molecular formula is C18H22NO5P. The van der Waals surface area contributed by atoms with Gasteiger partial charge >= 0.3 is 13.6 Å². The van der Waals surface area contributed by atoms with Crippen LogP contribution in [0, 0.1) is 0 Å². The van der Waals surface area contributed by atoms with Crippen molar-refractivity contribution in [1.82, 2.24) is 0 Å². The molecule has 0 aliphatic rings. The normalized spacial score (nSPS) is 12.6. The van der Waals surface area contributed by atoms with E-state index in [1.807, 2.05) is 30.3 Å². The average Bonchev–Trinajstić information content (AvgIpc) is 2.61. The van der Waals surface area contributed by atoms with Crippen LogP contribution < -0.4 is 5.32 Å². The lowest BCUT2D eigenvalue weighted by Crippen LogP contribution is -2.15. The molecule has 0 fully saturated rings. The largest absolute Gasteiger partial charge is 0.478 e. The van der Waals surface area contributed by atoms with Crippen LogP contribution in [-0.2, 0) is 13.6 Å². The van der Waals surface area contributed by atoms with Crippen molar-refractivity contribution in [1.29, 1.82) is 0 Å². The third-order valence-corrected chi connectivity index (χ3v) is 5.76. The highest BCUT2D eigenvalue weighted by Gasteiger charge is 2.37. The number of carboxylic acids is 1. The Hall–Kier alpha value is -2.14. The Morgan fingerprint density at radius 2 is 1.72 bits per heavy atom. The van der Waals surface area contributed by atoms with Crippen LogP contribution in [0.4, 0.5) is 5.69 Å². The van der Waals surface area contributed by atoms with E-state index < -0.39 is 19.3 Å². The monoisotopic (exact) mass is 363 g/mol. The number of benzene rings is 2. The first-order valence-corrected chi connectivity index (χ1v) is 9.65. The molecular weight excluding hydrogens is 341 g/mol. The fraction of sp³-hybridized carbons (Fsp3) is 0.278. The number of nitrogens with one attached hydrogen (secondary N) is 1. The van der Waals surface area contributed by atoms with Crippen LogP contribution in [0.3, 0.4) is 0 Å². The minimum absolute atomic E-state index is 0.138. The number of carbonyl (C=O) groups is 1. The van der Waals surface area contributed by atoms with Crippen molar-refractivity contribution in [3.05, 3.63) is 65.7 Å². The highest BCUT2D eigenvalue weighted by Crippen LogP contribution is 2.60. The topological polar surface area (TPSA) is 84.9 Å². The predicted octanol–water partition coefficient (Wildman–Crippen LogP) is 4.76. The molecule has 0 bridgehead atoms. The number of carboxylic acid groups (broad SMARTS) is 1. The van der Waals surface area contributed by atoms with E-state index in [4.69, 9.17) is 14.2 Å². The molecule has 0 aromatic heterocycles. The molecule has 2 rings (SSSR count). The molecule has 0 spiro atoms. The first kappa shape index (κ1) is 19.2. The second-order valence-corrected chi connectivity index (χ2v) is 7.33. The first-order valence-electron chi connectivity index (χ1n) is 8.03. The van der Waals surface area contributed by atoms with Crippen molar-refractivity contribution < 1.29 is 23.5 Å².